The van der Waals surface area contributed by atoms with Crippen LogP contribution in [0.25, 0.3) is 0 Å². The van der Waals surface area contributed by atoms with Crippen LogP contribution in [0.2, 0.25) is 0 Å². The van der Waals surface area contributed by atoms with Crippen molar-refractivity contribution in [2.24, 2.45) is 4.99 Å². The van der Waals surface area contributed by atoms with Crippen molar-refractivity contribution in [3.05, 3.63) is 11.2 Å². The van der Waals surface area contributed by atoms with E-state index in [0.29, 0.717) is 0 Å². The van der Waals surface area contributed by atoms with E-state index >= 15 is 0 Å². The average Bonchev–Trinajstić information content (AvgIpc) is 1.88. The highest BCUT2D eigenvalue weighted by molar-refractivity contribution is 8.02. The molecule has 0 N–H and O–H groups in total. The van der Waals surface area contributed by atoms with Crippen LogP contribution in [0.3, 0.4) is 0 Å². The molecule has 0 aliphatic carbocycles. The van der Waals surface area contributed by atoms with Crippen molar-refractivity contribution in [1.29, 1.82) is 0 Å². The summed E-state index contributed by atoms with van der Waals surface area (Å²) in [7, 11) is 2.04. The summed E-state index contributed by atoms with van der Waals surface area (Å²) < 4.78 is 0. The van der Waals surface area contributed by atoms with E-state index in [0.717, 1.165) is 11.6 Å². The quantitative estimate of drug-likeness (QED) is 0.546. The SMILES string of the molecule is CSC1=CN(C)CC=N1. The molecule has 0 amide bonds. The molecule has 0 radical (unpaired) electrons. The Hall–Kier alpha value is -0.440. The Morgan fingerprint density at radius 2 is 2.56 bits per heavy atom. The maximum Gasteiger partial charge on any atom is 0.111 e. The smallest absolute Gasteiger partial charge is 0.111 e. The minimum Gasteiger partial charge on any atom is -0.373 e. The largest absolute Gasteiger partial charge is 0.373 e. The first-order valence-electron chi connectivity index (χ1n) is 2.81. The Kier molecular flexibility index (Phi) is 2.16. The summed E-state index contributed by atoms with van der Waals surface area (Å²) in [6.07, 6.45) is 6.00. The van der Waals surface area contributed by atoms with Gasteiger partial charge in [0.15, 0.2) is 0 Å². The van der Waals surface area contributed by atoms with E-state index in [1.807, 2.05) is 25.7 Å². The molecule has 0 bridgehead atoms. The minimum atomic E-state index is 0.935. The third kappa shape index (κ3) is 1.75. The van der Waals surface area contributed by atoms with E-state index in [4.69, 9.17) is 0 Å². The van der Waals surface area contributed by atoms with Gasteiger partial charge in [-0.3, -0.25) is 4.99 Å². The van der Waals surface area contributed by atoms with Crippen molar-refractivity contribution >= 4 is 18.0 Å². The van der Waals surface area contributed by atoms with Crippen molar-refractivity contribution < 1.29 is 0 Å². The number of rotatable bonds is 1. The molecule has 0 aromatic heterocycles. The van der Waals surface area contributed by atoms with Gasteiger partial charge in [-0.05, 0) is 6.26 Å². The molecule has 1 heterocycles. The second-order valence-electron chi connectivity index (χ2n) is 1.92. The Morgan fingerprint density at radius 1 is 1.78 bits per heavy atom. The van der Waals surface area contributed by atoms with Crippen molar-refractivity contribution in [3.8, 4) is 0 Å². The molecule has 0 atom stereocenters. The molecule has 0 aromatic rings. The van der Waals surface area contributed by atoms with Crippen LogP contribution >= 0.6 is 11.8 Å². The first-order valence-corrected chi connectivity index (χ1v) is 4.04. The zero-order chi connectivity index (χ0) is 6.69. The maximum absolute atomic E-state index is 4.16. The standard InChI is InChI=1S/C6H10N2S/c1-8-4-3-7-6(5-8)9-2/h3,5H,4H2,1-2H3. The molecule has 0 saturated heterocycles. The van der Waals surface area contributed by atoms with Crippen molar-refractivity contribution in [3.63, 3.8) is 0 Å². The van der Waals surface area contributed by atoms with Gasteiger partial charge in [-0.2, -0.15) is 0 Å². The van der Waals surface area contributed by atoms with Crippen LogP contribution in [0.15, 0.2) is 16.2 Å². The molecule has 0 aromatic carbocycles. The zero-order valence-electron chi connectivity index (χ0n) is 5.66. The number of hydrogen-bond acceptors (Lipinski definition) is 3. The molecule has 1 aliphatic rings. The summed E-state index contributed by atoms with van der Waals surface area (Å²) in [6.45, 7) is 0.935. The van der Waals surface area contributed by atoms with E-state index in [2.05, 4.69) is 9.89 Å². The molecular formula is C6H10N2S. The lowest BCUT2D eigenvalue weighted by atomic mass is 10.5. The molecule has 50 valence electrons. The van der Waals surface area contributed by atoms with Gasteiger partial charge in [-0.1, -0.05) is 0 Å². The molecule has 1 rings (SSSR count). The Balaban J connectivity index is 2.59. The van der Waals surface area contributed by atoms with Gasteiger partial charge >= 0.3 is 0 Å². The number of thioether (sulfide) groups is 1. The topological polar surface area (TPSA) is 15.6 Å². The van der Waals surface area contributed by atoms with Gasteiger partial charge in [0.25, 0.3) is 0 Å². The van der Waals surface area contributed by atoms with Gasteiger partial charge in [-0.25, -0.2) is 0 Å². The molecular weight excluding hydrogens is 132 g/mol. The predicted molar refractivity (Wildman–Crippen MR) is 42.7 cm³/mol. The van der Waals surface area contributed by atoms with E-state index in [9.17, 15) is 0 Å². The van der Waals surface area contributed by atoms with E-state index in [1.54, 1.807) is 11.8 Å². The molecule has 0 unspecified atom stereocenters. The van der Waals surface area contributed by atoms with Crippen LogP contribution in [0.1, 0.15) is 0 Å². The second kappa shape index (κ2) is 2.92. The Bertz CT molecular complexity index is 151. The fourth-order valence-corrected chi connectivity index (χ4v) is 1.10. The Labute approximate surface area is 59.6 Å². The summed E-state index contributed by atoms with van der Waals surface area (Å²) in [5.41, 5.74) is 0. The normalized spacial score (nSPS) is 18.0. The number of aliphatic imine (C=N–C) groups is 1. The first kappa shape index (κ1) is 6.68. The molecule has 0 spiro atoms. The summed E-state index contributed by atoms with van der Waals surface area (Å²) >= 11 is 1.67. The third-order valence-corrected chi connectivity index (χ3v) is 1.76. The maximum atomic E-state index is 4.16. The van der Waals surface area contributed by atoms with Gasteiger partial charge in [0.1, 0.15) is 5.03 Å². The van der Waals surface area contributed by atoms with Gasteiger partial charge in [0.05, 0.1) is 6.54 Å². The molecule has 9 heavy (non-hydrogen) atoms. The summed E-state index contributed by atoms with van der Waals surface area (Å²) in [5.74, 6) is 0. The average molecular weight is 142 g/mol. The van der Waals surface area contributed by atoms with E-state index < -0.39 is 0 Å². The molecule has 3 heteroatoms. The molecule has 0 fully saturated rings. The highest BCUT2D eigenvalue weighted by Crippen LogP contribution is 2.14. The van der Waals surface area contributed by atoms with Crippen molar-refractivity contribution in [2.45, 2.75) is 0 Å². The highest BCUT2D eigenvalue weighted by Gasteiger charge is 1.98. The fourth-order valence-electron chi connectivity index (χ4n) is 0.640. The summed E-state index contributed by atoms with van der Waals surface area (Å²) in [6, 6.07) is 0. The minimum absolute atomic E-state index is 0.935. The van der Waals surface area contributed by atoms with Crippen LogP contribution in [0, 0.1) is 0 Å². The Morgan fingerprint density at radius 3 is 3.00 bits per heavy atom. The lowest BCUT2D eigenvalue weighted by Crippen LogP contribution is -2.16. The third-order valence-electron chi connectivity index (χ3n) is 1.13. The van der Waals surface area contributed by atoms with Gasteiger partial charge in [0.2, 0.25) is 0 Å². The van der Waals surface area contributed by atoms with Gasteiger partial charge < -0.3 is 4.90 Å². The second-order valence-corrected chi connectivity index (χ2v) is 2.75. The summed E-state index contributed by atoms with van der Waals surface area (Å²) in [5, 5.41) is 1.09. The predicted octanol–water partition coefficient (Wildman–Crippen LogP) is 1.16. The highest BCUT2D eigenvalue weighted by atomic mass is 32.2. The fraction of sp³-hybridized carbons (Fsp3) is 0.500. The van der Waals surface area contributed by atoms with Crippen LogP contribution < -0.4 is 0 Å². The monoisotopic (exact) mass is 142 g/mol. The molecule has 0 saturated carbocycles. The van der Waals surface area contributed by atoms with Crippen molar-refractivity contribution in [2.75, 3.05) is 19.8 Å². The number of hydrogen-bond donors (Lipinski definition) is 0. The lowest BCUT2D eigenvalue weighted by Gasteiger charge is -2.15. The van der Waals surface area contributed by atoms with Crippen molar-refractivity contribution in [1.82, 2.24) is 4.90 Å². The van der Waals surface area contributed by atoms with E-state index in [1.165, 1.54) is 0 Å². The van der Waals surface area contributed by atoms with Crippen LogP contribution in [-0.4, -0.2) is 31.0 Å². The molecule has 1 aliphatic heterocycles. The number of nitrogens with zero attached hydrogens (tertiary/aromatic N) is 2. The molecule has 2 nitrogen and oxygen atoms in total. The first-order chi connectivity index (χ1) is 4.33. The van der Waals surface area contributed by atoms with Crippen LogP contribution in [0.4, 0.5) is 0 Å². The van der Waals surface area contributed by atoms with Gasteiger partial charge in [0, 0.05) is 19.5 Å². The van der Waals surface area contributed by atoms with Gasteiger partial charge in [-0.15, -0.1) is 11.8 Å². The zero-order valence-corrected chi connectivity index (χ0v) is 6.48. The van der Waals surface area contributed by atoms with Crippen LogP contribution in [0.5, 0.6) is 0 Å². The van der Waals surface area contributed by atoms with E-state index in [-0.39, 0.29) is 0 Å². The lowest BCUT2D eigenvalue weighted by molar-refractivity contribution is 0.520. The van der Waals surface area contributed by atoms with Crippen LogP contribution in [-0.2, 0) is 0 Å². The summed E-state index contributed by atoms with van der Waals surface area (Å²) in [4.78, 5) is 6.27.